The summed E-state index contributed by atoms with van der Waals surface area (Å²) < 4.78 is 0.194. The molecule has 37 heavy (non-hydrogen) atoms. The Morgan fingerprint density at radius 3 is 1.49 bits per heavy atom. The Morgan fingerprint density at radius 2 is 1.08 bits per heavy atom. The molecule has 0 nitrogen and oxygen atoms in total. The van der Waals surface area contributed by atoms with E-state index in [9.17, 15) is 0 Å². The average molecular weight is 625 g/mol. The molecule has 3 aromatic rings. The second-order valence-electron chi connectivity index (χ2n) is 11.8. The Balaban J connectivity index is 1.90. The van der Waals surface area contributed by atoms with Crippen molar-refractivity contribution in [1.82, 2.24) is 0 Å². The minimum absolute atomic E-state index is 0.0968. The molecule has 2 unspecified atom stereocenters. The van der Waals surface area contributed by atoms with Gasteiger partial charge in [-0.25, -0.2) is 0 Å². The SMILES string of the molecule is CC1=Cc2c(C(C)C)cccc2[CH]1[Zr]([Cl])([Cl])([CH]1C(C)=Cc2c(C(C)C)cccc21)=[Si](C)c1ccccc1. The van der Waals surface area contributed by atoms with Gasteiger partial charge in [0.2, 0.25) is 0 Å². The van der Waals surface area contributed by atoms with Gasteiger partial charge >= 0.3 is 233 Å². The van der Waals surface area contributed by atoms with Gasteiger partial charge in [0.1, 0.15) is 0 Å². The van der Waals surface area contributed by atoms with Gasteiger partial charge in [-0.05, 0) is 0 Å². The fourth-order valence-corrected chi connectivity index (χ4v) is 45.6. The number of fused-ring (bicyclic) bond motifs is 2. The van der Waals surface area contributed by atoms with Crippen LogP contribution in [0.1, 0.15) is 94.0 Å². The first-order valence-corrected chi connectivity index (χ1v) is 28.4. The van der Waals surface area contributed by atoms with Gasteiger partial charge in [-0.3, -0.25) is 0 Å². The molecule has 0 saturated carbocycles. The first kappa shape index (κ1) is 27.4. The molecule has 0 saturated heterocycles. The second-order valence-corrected chi connectivity index (χ2v) is 48.6. The van der Waals surface area contributed by atoms with Crippen LogP contribution in [-0.2, 0) is 15.0 Å². The molecule has 3 aromatic carbocycles. The summed E-state index contributed by atoms with van der Waals surface area (Å²) in [5, 5.41) is 1.35. The van der Waals surface area contributed by atoms with Crippen molar-refractivity contribution in [1.29, 1.82) is 0 Å². The van der Waals surface area contributed by atoms with E-state index in [1.54, 1.807) is 0 Å². The summed E-state index contributed by atoms with van der Waals surface area (Å²) >= 11 is -4.85. The Morgan fingerprint density at radius 1 is 0.649 bits per heavy atom. The third kappa shape index (κ3) is 4.17. The summed E-state index contributed by atoms with van der Waals surface area (Å²) in [6.45, 7) is 16.1. The zero-order chi connectivity index (χ0) is 26.7. The van der Waals surface area contributed by atoms with Crippen LogP contribution in [0, 0.1) is 0 Å². The third-order valence-corrected chi connectivity index (χ3v) is 51.8. The van der Waals surface area contributed by atoms with Gasteiger partial charge < -0.3 is 0 Å². The second kappa shape index (κ2) is 9.78. The molecule has 0 aliphatic heterocycles. The van der Waals surface area contributed by atoms with Crippen LogP contribution < -0.4 is 5.19 Å². The molecule has 0 aromatic heterocycles. The van der Waals surface area contributed by atoms with E-state index in [1.165, 1.54) is 49.7 Å². The topological polar surface area (TPSA) is 0 Å². The zero-order valence-electron chi connectivity index (χ0n) is 23.1. The minimum atomic E-state index is -4.85. The van der Waals surface area contributed by atoms with Gasteiger partial charge in [-0.15, -0.1) is 0 Å². The predicted molar refractivity (Wildman–Crippen MR) is 163 cm³/mol. The molecule has 0 amide bonds. The van der Waals surface area contributed by atoms with Crippen molar-refractivity contribution in [3.05, 3.63) is 111 Å². The molecule has 0 fully saturated rings. The summed E-state index contributed by atoms with van der Waals surface area (Å²) in [6.07, 6.45) is 4.82. The average Bonchev–Trinajstić information content (AvgIpc) is 3.40. The molecule has 0 heterocycles. The maximum absolute atomic E-state index is 8.54. The summed E-state index contributed by atoms with van der Waals surface area (Å²) in [5.74, 6) is 0.902. The Kier molecular flexibility index (Phi) is 7.24. The molecule has 0 radical (unpaired) electrons. The number of allylic oxidation sites excluding steroid dienone is 2. The van der Waals surface area contributed by atoms with Crippen molar-refractivity contribution < 1.29 is 15.0 Å². The van der Waals surface area contributed by atoms with Crippen molar-refractivity contribution in [3.63, 3.8) is 0 Å². The van der Waals surface area contributed by atoms with Crippen LogP contribution in [0.15, 0.2) is 77.9 Å². The third-order valence-electron chi connectivity index (χ3n) is 8.85. The van der Waals surface area contributed by atoms with Crippen LogP contribution in [0.4, 0.5) is 0 Å². The molecular weight excluding hydrogens is 587 g/mol. The van der Waals surface area contributed by atoms with E-state index < -0.39 is 20.4 Å². The maximum atomic E-state index is 8.54. The monoisotopic (exact) mass is 622 g/mol. The van der Waals surface area contributed by atoms with Crippen LogP contribution in [0.2, 0.25) is 6.55 Å². The molecule has 2 aliphatic rings. The van der Waals surface area contributed by atoms with E-state index >= 15 is 0 Å². The van der Waals surface area contributed by atoms with Crippen LogP contribution in [-0.4, -0.2) is 5.43 Å². The molecule has 2 aliphatic carbocycles. The quantitative estimate of drug-likeness (QED) is 0.248. The van der Waals surface area contributed by atoms with Crippen molar-refractivity contribution >= 4 is 39.8 Å². The van der Waals surface area contributed by atoms with Crippen LogP contribution in [0.5, 0.6) is 0 Å². The number of halogens is 2. The van der Waals surface area contributed by atoms with Gasteiger partial charge in [0.15, 0.2) is 0 Å². The fourth-order valence-electron chi connectivity index (χ4n) is 7.13. The predicted octanol–water partition coefficient (Wildman–Crippen LogP) is 10.1. The number of rotatable bonds is 5. The van der Waals surface area contributed by atoms with Crippen LogP contribution in [0.3, 0.4) is 0 Å². The first-order valence-electron chi connectivity index (χ1n) is 13.6. The van der Waals surface area contributed by atoms with E-state index in [4.69, 9.17) is 17.0 Å². The van der Waals surface area contributed by atoms with Crippen molar-refractivity contribution in [3.8, 4) is 0 Å². The molecule has 192 valence electrons. The van der Waals surface area contributed by atoms with E-state index in [0.717, 1.165) is 0 Å². The van der Waals surface area contributed by atoms with Gasteiger partial charge in [0.25, 0.3) is 0 Å². The van der Waals surface area contributed by atoms with E-state index in [2.05, 4.69) is 127 Å². The molecular formula is C33H38Cl2SiZr. The normalized spacial score (nSPS) is 19.1. The number of hydrogen-bond acceptors (Lipinski definition) is 0. The zero-order valence-corrected chi connectivity index (χ0v) is 28.0. The van der Waals surface area contributed by atoms with Gasteiger partial charge in [-0.1, -0.05) is 0 Å². The summed E-state index contributed by atoms with van der Waals surface area (Å²) in [6, 6.07) is 24.6. The molecule has 2 atom stereocenters. The standard InChI is InChI=1S/2C13H15.C7H8Si.2ClH.Zr/c2*1-9(2)12-6-4-5-11-7-10(3)8-13(11)12;1-8-7-5-3-2-4-6-7;;;/h2*4-9H,1-3H3;2-6H,1H3;2*1H;/q;;;;;+2/p-2. The van der Waals surface area contributed by atoms with E-state index in [0.29, 0.717) is 11.8 Å². The van der Waals surface area contributed by atoms with Gasteiger partial charge in [0.05, 0.1) is 0 Å². The number of hydrogen-bond donors (Lipinski definition) is 0. The van der Waals surface area contributed by atoms with Crippen molar-refractivity contribution in [2.45, 2.75) is 67.2 Å². The van der Waals surface area contributed by atoms with Crippen molar-refractivity contribution in [2.75, 3.05) is 0 Å². The Bertz CT molecular complexity index is 1430. The van der Waals surface area contributed by atoms with Crippen molar-refractivity contribution in [2.24, 2.45) is 0 Å². The molecule has 0 N–H and O–H groups in total. The molecule has 5 rings (SSSR count). The van der Waals surface area contributed by atoms with E-state index in [-0.39, 0.29) is 7.25 Å². The summed E-state index contributed by atoms with van der Waals surface area (Å²) in [7, 11) is 17.1. The fraction of sp³-hybridized carbons (Fsp3) is 0.333. The van der Waals surface area contributed by atoms with Crippen LogP contribution >= 0.6 is 17.0 Å². The molecule has 0 bridgehead atoms. The molecule has 4 heteroatoms. The van der Waals surface area contributed by atoms with Crippen LogP contribution in [0.25, 0.3) is 12.2 Å². The first-order chi connectivity index (χ1) is 17.5. The van der Waals surface area contributed by atoms with E-state index in [1.807, 2.05) is 0 Å². The van der Waals surface area contributed by atoms with Gasteiger partial charge in [0, 0.05) is 0 Å². The Labute approximate surface area is 231 Å². The summed E-state index contributed by atoms with van der Waals surface area (Å²) in [5.41, 5.74) is 9.62. The Hall–Kier alpha value is -1.18. The molecule has 0 spiro atoms. The summed E-state index contributed by atoms with van der Waals surface area (Å²) in [4.78, 5) is 0. The van der Waals surface area contributed by atoms with Gasteiger partial charge in [-0.2, -0.15) is 0 Å². The number of benzene rings is 3.